The molecule has 0 spiro atoms. The summed E-state index contributed by atoms with van der Waals surface area (Å²) < 4.78 is 4.90. The lowest BCUT2D eigenvalue weighted by atomic mass is 9.77. The molecule has 1 aromatic carbocycles. The van der Waals surface area contributed by atoms with E-state index in [0.717, 1.165) is 6.42 Å². The Morgan fingerprint density at radius 3 is 2.62 bits per heavy atom. The Kier molecular flexibility index (Phi) is 5.92. The van der Waals surface area contributed by atoms with Gasteiger partial charge in [0.1, 0.15) is 0 Å². The van der Waals surface area contributed by atoms with Crippen LogP contribution in [0.5, 0.6) is 0 Å². The van der Waals surface area contributed by atoms with Crippen LogP contribution in [0.3, 0.4) is 0 Å². The van der Waals surface area contributed by atoms with Crippen molar-refractivity contribution in [2.45, 2.75) is 38.5 Å². The number of nitriles is 1. The molecule has 112 valence electrons. The molecule has 0 saturated carbocycles. The van der Waals surface area contributed by atoms with Crippen molar-refractivity contribution in [2.75, 3.05) is 6.61 Å². The van der Waals surface area contributed by atoms with Crippen molar-refractivity contribution in [3.63, 3.8) is 0 Å². The third-order valence-electron chi connectivity index (χ3n) is 3.33. The number of hydrogen-bond acceptors (Lipinski definition) is 4. The summed E-state index contributed by atoms with van der Waals surface area (Å²) in [5.41, 5.74) is -1.05. The summed E-state index contributed by atoms with van der Waals surface area (Å²) in [6, 6.07) is 8.03. The summed E-state index contributed by atoms with van der Waals surface area (Å²) in [6.45, 7) is 3.86. The minimum absolute atomic E-state index is 0.210. The quantitative estimate of drug-likeness (QED) is 0.780. The Hall–Kier alpha value is -2.35. The van der Waals surface area contributed by atoms with Gasteiger partial charge in [-0.05, 0) is 31.0 Å². The number of benzene rings is 1. The van der Waals surface area contributed by atoms with E-state index < -0.39 is 17.4 Å². The highest BCUT2D eigenvalue weighted by atomic mass is 16.5. The van der Waals surface area contributed by atoms with Crippen LogP contribution in [0, 0.1) is 11.3 Å². The van der Waals surface area contributed by atoms with Gasteiger partial charge in [-0.2, -0.15) is 5.26 Å². The summed E-state index contributed by atoms with van der Waals surface area (Å²) in [7, 11) is 0. The maximum absolute atomic E-state index is 11.7. The lowest BCUT2D eigenvalue weighted by Crippen LogP contribution is -2.34. The molecule has 0 amide bonds. The van der Waals surface area contributed by atoms with Crippen molar-refractivity contribution >= 4 is 11.9 Å². The molecule has 0 saturated heterocycles. The Bertz CT molecular complexity index is 562. The third kappa shape index (κ3) is 3.60. The van der Waals surface area contributed by atoms with E-state index in [-0.39, 0.29) is 18.6 Å². The van der Waals surface area contributed by atoms with Gasteiger partial charge in [-0.25, -0.2) is 4.79 Å². The molecule has 1 atom stereocenters. The number of carbonyl (C=O) groups is 2. The van der Waals surface area contributed by atoms with Crippen molar-refractivity contribution in [2.24, 2.45) is 0 Å². The number of aliphatic carboxylic acids is 1. The fourth-order valence-corrected chi connectivity index (χ4v) is 2.11. The smallest absolute Gasteiger partial charge is 0.338 e. The van der Waals surface area contributed by atoms with Gasteiger partial charge in [0.2, 0.25) is 0 Å². The molecule has 1 N–H and O–H groups in total. The molecule has 0 bridgehead atoms. The number of carboxylic acid groups (broad SMARTS) is 1. The van der Waals surface area contributed by atoms with Gasteiger partial charge in [0.25, 0.3) is 0 Å². The minimum Gasteiger partial charge on any atom is -0.480 e. The summed E-state index contributed by atoms with van der Waals surface area (Å²) in [4.78, 5) is 23.4. The molecule has 1 rings (SSSR count). The monoisotopic (exact) mass is 289 g/mol. The number of carboxylic acids is 1. The second-order valence-electron chi connectivity index (χ2n) is 4.73. The van der Waals surface area contributed by atoms with Gasteiger partial charge >= 0.3 is 11.9 Å². The first-order valence-electron chi connectivity index (χ1n) is 6.94. The summed E-state index contributed by atoms with van der Waals surface area (Å²) in [5.74, 6) is -1.72. The Labute approximate surface area is 124 Å². The van der Waals surface area contributed by atoms with Gasteiger partial charge in [0.15, 0.2) is 5.41 Å². The summed E-state index contributed by atoms with van der Waals surface area (Å²) in [5, 5.41) is 18.9. The number of carbonyl (C=O) groups excluding carboxylic acids is 1. The van der Waals surface area contributed by atoms with Gasteiger partial charge in [-0.1, -0.05) is 31.9 Å². The number of unbranched alkanes of at least 4 members (excludes halogenated alkanes) is 1. The van der Waals surface area contributed by atoms with Crippen LogP contribution in [0.1, 0.15) is 49.0 Å². The van der Waals surface area contributed by atoms with Crippen LogP contribution in [0.2, 0.25) is 0 Å². The first-order valence-corrected chi connectivity index (χ1v) is 6.94. The van der Waals surface area contributed by atoms with E-state index in [1.807, 2.05) is 13.0 Å². The Morgan fingerprint density at radius 1 is 1.38 bits per heavy atom. The normalized spacial score (nSPS) is 13.0. The second-order valence-corrected chi connectivity index (χ2v) is 4.73. The molecule has 0 radical (unpaired) electrons. The van der Waals surface area contributed by atoms with E-state index in [2.05, 4.69) is 0 Å². The van der Waals surface area contributed by atoms with Gasteiger partial charge in [0.05, 0.1) is 18.2 Å². The molecule has 0 aromatic heterocycles. The number of esters is 1. The molecule has 5 heteroatoms. The fraction of sp³-hybridized carbons (Fsp3) is 0.438. The van der Waals surface area contributed by atoms with E-state index in [1.165, 1.54) is 6.07 Å². The predicted octanol–water partition coefficient (Wildman–Crippen LogP) is 2.90. The topological polar surface area (TPSA) is 87.4 Å². The second kappa shape index (κ2) is 7.44. The van der Waals surface area contributed by atoms with Gasteiger partial charge in [-0.3, -0.25) is 4.79 Å². The highest BCUT2D eigenvalue weighted by Gasteiger charge is 2.40. The van der Waals surface area contributed by atoms with Crippen LogP contribution in [-0.4, -0.2) is 23.7 Å². The summed E-state index contributed by atoms with van der Waals surface area (Å²) in [6.07, 6.45) is 1.61. The van der Waals surface area contributed by atoms with Crippen LogP contribution in [0.4, 0.5) is 0 Å². The molecule has 0 fully saturated rings. The van der Waals surface area contributed by atoms with E-state index in [9.17, 15) is 20.0 Å². The molecule has 1 aromatic rings. The molecule has 0 aliphatic heterocycles. The van der Waals surface area contributed by atoms with Crippen molar-refractivity contribution < 1.29 is 19.4 Å². The number of nitrogens with zero attached hydrogens (tertiary/aromatic N) is 1. The first-order chi connectivity index (χ1) is 10.0. The maximum atomic E-state index is 11.7. The lowest BCUT2D eigenvalue weighted by molar-refractivity contribution is -0.141. The molecule has 21 heavy (non-hydrogen) atoms. The first kappa shape index (κ1) is 16.7. The van der Waals surface area contributed by atoms with Crippen LogP contribution in [0.15, 0.2) is 24.3 Å². The zero-order chi connectivity index (χ0) is 15.9. The molecule has 1 unspecified atom stereocenters. The highest BCUT2D eigenvalue weighted by Crippen LogP contribution is 2.30. The largest absolute Gasteiger partial charge is 0.480 e. The summed E-state index contributed by atoms with van der Waals surface area (Å²) >= 11 is 0. The van der Waals surface area contributed by atoms with E-state index in [1.54, 1.807) is 25.1 Å². The van der Waals surface area contributed by atoms with Crippen molar-refractivity contribution in [1.29, 1.82) is 5.26 Å². The van der Waals surface area contributed by atoms with Crippen LogP contribution in [-0.2, 0) is 14.9 Å². The van der Waals surface area contributed by atoms with Crippen LogP contribution in [0.25, 0.3) is 0 Å². The van der Waals surface area contributed by atoms with Gasteiger partial charge < -0.3 is 9.84 Å². The highest BCUT2D eigenvalue weighted by molar-refractivity contribution is 5.91. The SMILES string of the molecule is CCCCC(C#N)(C(=O)O)c1cccc(C(=O)OCC)c1. The third-order valence-corrected chi connectivity index (χ3v) is 3.33. The van der Waals surface area contributed by atoms with Crippen LogP contribution >= 0.6 is 0 Å². The Morgan fingerprint density at radius 2 is 2.10 bits per heavy atom. The van der Waals surface area contributed by atoms with E-state index >= 15 is 0 Å². The molecule has 0 heterocycles. The van der Waals surface area contributed by atoms with Gasteiger partial charge in [-0.15, -0.1) is 0 Å². The number of rotatable bonds is 7. The minimum atomic E-state index is -1.63. The number of hydrogen-bond donors (Lipinski definition) is 1. The molecular weight excluding hydrogens is 270 g/mol. The molecular formula is C16H19NO4. The van der Waals surface area contributed by atoms with E-state index in [0.29, 0.717) is 12.0 Å². The average Bonchev–Trinajstić information content (AvgIpc) is 2.49. The van der Waals surface area contributed by atoms with Crippen molar-refractivity contribution in [3.05, 3.63) is 35.4 Å². The van der Waals surface area contributed by atoms with Gasteiger partial charge in [0, 0.05) is 0 Å². The lowest BCUT2D eigenvalue weighted by Gasteiger charge is -2.22. The maximum Gasteiger partial charge on any atom is 0.338 e. The average molecular weight is 289 g/mol. The van der Waals surface area contributed by atoms with Crippen molar-refractivity contribution in [3.8, 4) is 6.07 Å². The fourth-order valence-electron chi connectivity index (χ4n) is 2.11. The van der Waals surface area contributed by atoms with Crippen LogP contribution < -0.4 is 0 Å². The standard InChI is InChI=1S/C16H19NO4/c1-3-5-9-16(11-17,15(19)20)13-8-6-7-12(10-13)14(18)21-4-2/h6-8,10H,3-5,9H2,1-2H3,(H,19,20). The Balaban J connectivity index is 3.26. The van der Waals surface area contributed by atoms with E-state index in [4.69, 9.17) is 4.74 Å². The molecule has 0 aliphatic rings. The molecule has 5 nitrogen and oxygen atoms in total. The zero-order valence-corrected chi connectivity index (χ0v) is 12.3. The number of ether oxygens (including phenoxy) is 1. The molecule has 0 aliphatic carbocycles. The predicted molar refractivity (Wildman–Crippen MR) is 76.9 cm³/mol. The zero-order valence-electron chi connectivity index (χ0n) is 12.3. The van der Waals surface area contributed by atoms with Crippen molar-refractivity contribution in [1.82, 2.24) is 0 Å².